The molecule has 2 heterocycles. The van der Waals surface area contributed by atoms with Crippen molar-refractivity contribution in [3.8, 4) is 16.8 Å². The summed E-state index contributed by atoms with van der Waals surface area (Å²) in [6, 6.07) is 75.7. The van der Waals surface area contributed by atoms with Crippen LogP contribution in [0.4, 0.5) is 17.1 Å². The summed E-state index contributed by atoms with van der Waals surface area (Å²) < 4.78 is 5.02. The molecule has 0 saturated carbocycles. The largest absolute Gasteiger partial charge is 0.310 e. The van der Waals surface area contributed by atoms with Crippen LogP contribution in [0.5, 0.6) is 0 Å². The average Bonchev–Trinajstić information content (AvgIpc) is 3.82. The SMILES string of the molecule is c1cc(-c2ccc(N(c3ccc4c(ccc5ccccc54)c3)c3ccc4c(c3)sc3c5ccccc5ccc43)cc2)cc(-n2c3ccccc3c3ccccc32)c1. The number of para-hydroxylation sites is 2. The molecule has 10 aromatic carbocycles. The molecule has 0 unspecified atom stereocenters. The van der Waals surface area contributed by atoms with Gasteiger partial charge in [0.2, 0.25) is 0 Å². The van der Waals surface area contributed by atoms with Gasteiger partial charge in [-0.2, -0.15) is 0 Å². The summed E-state index contributed by atoms with van der Waals surface area (Å²) in [6.45, 7) is 0. The van der Waals surface area contributed by atoms with Gasteiger partial charge in [-0.25, -0.2) is 0 Å². The predicted octanol–water partition coefficient (Wildman–Crippen LogP) is 15.7. The molecule has 0 amide bonds. The number of aromatic nitrogens is 1. The lowest BCUT2D eigenvalue weighted by Gasteiger charge is -2.26. The fourth-order valence-corrected chi connectivity index (χ4v) is 10.3. The second kappa shape index (κ2) is 12.7. The molecule has 0 N–H and O–H groups in total. The van der Waals surface area contributed by atoms with E-state index >= 15 is 0 Å². The zero-order valence-electron chi connectivity index (χ0n) is 30.9. The van der Waals surface area contributed by atoms with E-state index in [4.69, 9.17) is 0 Å². The third-order valence-corrected chi connectivity index (χ3v) is 12.9. The lowest BCUT2D eigenvalue weighted by Crippen LogP contribution is -2.09. The minimum atomic E-state index is 1.11. The maximum absolute atomic E-state index is 2.41. The summed E-state index contributed by atoms with van der Waals surface area (Å²) in [5, 5.41) is 12.8. The quantitative estimate of drug-likeness (QED) is 0.159. The first-order valence-electron chi connectivity index (χ1n) is 19.5. The topological polar surface area (TPSA) is 8.17 Å². The number of fused-ring (bicyclic) bond motifs is 11. The molecule has 0 bridgehead atoms. The van der Waals surface area contributed by atoms with Crippen molar-refractivity contribution in [1.29, 1.82) is 0 Å². The normalized spacial score (nSPS) is 11.9. The van der Waals surface area contributed by atoms with Crippen LogP contribution in [0.25, 0.3) is 91.1 Å². The highest BCUT2D eigenvalue weighted by Gasteiger charge is 2.18. The lowest BCUT2D eigenvalue weighted by molar-refractivity contribution is 1.18. The highest BCUT2D eigenvalue weighted by molar-refractivity contribution is 7.26. The molecule has 0 fully saturated rings. The van der Waals surface area contributed by atoms with Crippen LogP contribution in [0, 0.1) is 0 Å². The second-order valence-electron chi connectivity index (χ2n) is 14.9. The Morgan fingerprint density at radius 1 is 0.333 bits per heavy atom. The fourth-order valence-electron chi connectivity index (χ4n) is 9.05. The number of rotatable bonds is 5. The highest BCUT2D eigenvalue weighted by atomic mass is 32.1. The van der Waals surface area contributed by atoms with E-state index in [-0.39, 0.29) is 0 Å². The fraction of sp³-hybridized carbons (Fsp3) is 0. The van der Waals surface area contributed by atoms with Crippen LogP contribution in [0.1, 0.15) is 0 Å². The van der Waals surface area contributed by atoms with E-state index < -0.39 is 0 Å². The molecule has 0 saturated heterocycles. The Bertz CT molecular complexity index is 3480. The molecule has 0 aliphatic rings. The Hall–Kier alpha value is -7.20. The standard InChI is InChI=1S/C54H34N2S/c1-3-14-44-36(10-1)20-21-39-33-42(27-30-45(39)44)55(43-28-31-49-50-29-24-37-11-2-4-15-46(37)54(50)57-53(49)34-43)40-25-22-35(23-26-40)38-12-9-13-41(32-38)56-51-18-7-5-16-47(51)48-17-6-8-19-52(48)56/h1-34H. The molecule has 266 valence electrons. The molecule has 57 heavy (non-hydrogen) atoms. The van der Waals surface area contributed by atoms with E-state index in [0.717, 1.165) is 22.7 Å². The van der Waals surface area contributed by atoms with E-state index in [2.05, 4.69) is 216 Å². The first-order chi connectivity index (χ1) is 28.2. The number of anilines is 3. The van der Waals surface area contributed by atoms with Crippen molar-refractivity contribution in [3.05, 3.63) is 206 Å². The zero-order chi connectivity index (χ0) is 37.5. The molecule has 12 rings (SSSR count). The molecule has 12 aromatic rings. The van der Waals surface area contributed by atoms with Gasteiger partial charge >= 0.3 is 0 Å². The maximum atomic E-state index is 2.41. The van der Waals surface area contributed by atoms with Crippen molar-refractivity contribution in [3.63, 3.8) is 0 Å². The third-order valence-electron chi connectivity index (χ3n) is 11.7. The van der Waals surface area contributed by atoms with Gasteiger partial charge in [-0.05, 0) is 104 Å². The molecule has 3 heteroatoms. The molecular weight excluding hydrogens is 709 g/mol. The van der Waals surface area contributed by atoms with Crippen molar-refractivity contribution < 1.29 is 0 Å². The number of thiophene rings is 1. The zero-order valence-corrected chi connectivity index (χ0v) is 31.7. The van der Waals surface area contributed by atoms with Gasteiger partial charge in [0, 0.05) is 53.7 Å². The number of benzene rings is 10. The Morgan fingerprint density at radius 2 is 0.895 bits per heavy atom. The summed E-state index contributed by atoms with van der Waals surface area (Å²) in [6.07, 6.45) is 0. The summed E-state index contributed by atoms with van der Waals surface area (Å²) in [7, 11) is 0. The average molecular weight is 743 g/mol. The van der Waals surface area contributed by atoms with Crippen LogP contribution in [-0.2, 0) is 0 Å². The number of hydrogen-bond donors (Lipinski definition) is 0. The van der Waals surface area contributed by atoms with Crippen LogP contribution in [-0.4, -0.2) is 4.57 Å². The number of hydrogen-bond acceptors (Lipinski definition) is 2. The molecule has 0 spiro atoms. The Labute approximate surface area is 333 Å². The molecule has 2 aromatic heterocycles. The monoisotopic (exact) mass is 742 g/mol. The first-order valence-corrected chi connectivity index (χ1v) is 20.3. The molecule has 0 atom stereocenters. The summed E-state index contributed by atoms with van der Waals surface area (Å²) >= 11 is 1.89. The van der Waals surface area contributed by atoms with E-state index in [1.165, 1.54) is 85.4 Å². The van der Waals surface area contributed by atoms with Crippen LogP contribution >= 0.6 is 11.3 Å². The van der Waals surface area contributed by atoms with Gasteiger partial charge in [-0.1, -0.05) is 146 Å². The molecule has 0 radical (unpaired) electrons. The van der Waals surface area contributed by atoms with Gasteiger partial charge in [0.15, 0.2) is 0 Å². The van der Waals surface area contributed by atoms with Crippen molar-refractivity contribution in [2.75, 3.05) is 4.90 Å². The van der Waals surface area contributed by atoms with Crippen molar-refractivity contribution in [2.45, 2.75) is 0 Å². The van der Waals surface area contributed by atoms with E-state index in [9.17, 15) is 0 Å². The minimum absolute atomic E-state index is 1.11. The first kappa shape index (κ1) is 32.1. The Balaban J connectivity index is 0.992. The van der Waals surface area contributed by atoms with Gasteiger partial charge in [-0.15, -0.1) is 11.3 Å². The number of nitrogens with zero attached hydrogens (tertiary/aromatic N) is 2. The van der Waals surface area contributed by atoms with E-state index in [1.807, 2.05) is 11.3 Å². The van der Waals surface area contributed by atoms with Crippen LogP contribution in [0.2, 0.25) is 0 Å². The van der Waals surface area contributed by atoms with Crippen LogP contribution < -0.4 is 4.90 Å². The Kier molecular flexibility index (Phi) is 7.13. The summed E-state index contributed by atoms with van der Waals surface area (Å²) in [5.41, 5.74) is 9.33. The van der Waals surface area contributed by atoms with E-state index in [1.54, 1.807) is 0 Å². The smallest absolute Gasteiger partial charge is 0.0541 e. The lowest BCUT2D eigenvalue weighted by atomic mass is 10.0. The maximum Gasteiger partial charge on any atom is 0.0541 e. The van der Waals surface area contributed by atoms with Gasteiger partial charge in [-0.3, -0.25) is 0 Å². The van der Waals surface area contributed by atoms with Gasteiger partial charge in [0.05, 0.1) is 11.0 Å². The molecule has 0 aliphatic carbocycles. The van der Waals surface area contributed by atoms with Gasteiger partial charge in [0.1, 0.15) is 0 Å². The molecule has 0 aliphatic heterocycles. The van der Waals surface area contributed by atoms with Crippen molar-refractivity contribution in [2.24, 2.45) is 0 Å². The predicted molar refractivity (Wildman–Crippen MR) is 246 cm³/mol. The Morgan fingerprint density at radius 3 is 1.67 bits per heavy atom. The third kappa shape index (κ3) is 5.10. The van der Waals surface area contributed by atoms with Gasteiger partial charge in [0.25, 0.3) is 0 Å². The minimum Gasteiger partial charge on any atom is -0.310 e. The van der Waals surface area contributed by atoms with Crippen molar-refractivity contribution in [1.82, 2.24) is 4.57 Å². The van der Waals surface area contributed by atoms with Crippen LogP contribution in [0.15, 0.2) is 206 Å². The molecular formula is C54H34N2S. The van der Waals surface area contributed by atoms with Crippen molar-refractivity contribution >= 4 is 103 Å². The van der Waals surface area contributed by atoms with Gasteiger partial charge < -0.3 is 9.47 Å². The summed E-state index contributed by atoms with van der Waals surface area (Å²) in [5.74, 6) is 0. The van der Waals surface area contributed by atoms with E-state index in [0.29, 0.717) is 0 Å². The second-order valence-corrected chi connectivity index (χ2v) is 16.0. The molecule has 2 nitrogen and oxygen atoms in total. The summed E-state index contributed by atoms with van der Waals surface area (Å²) in [4.78, 5) is 2.41. The van der Waals surface area contributed by atoms with Crippen LogP contribution in [0.3, 0.4) is 0 Å². The highest BCUT2D eigenvalue weighted by Crippen LogP contribution is 2.44.